The number of benzene rings is 1. The molecule has 0 N–H and O–H groups in total. The van der Waals surface area contributed by atoms with Gasteiger partial charge in [0.25, 0.3) is 0 Å². The molecule has 2 fully saturated rings. The Labute approximate surface area is 166 Å². The number of fused-ring (bicyclic) bond motifs is 1. The van der Waals surface area contributed by atoms with Crippen molar-refractivity contribution in [2.45, 2.75) is 44.2 Å². The minimum Gasteiger partial charge on any atom is -0.329 e. The molecule has 1 aromatic carbocycles. The maximum absolute atomic E-state index is 14.4. The van der Waals surface area contributed by atoms with E-state index in [1.165, 1.54) is 18.9 Å². The van der Waals surface area contributed by atoms with Gasteiger partial charge in [-0.25, -0.2) is 23.7 Å². The highest BCUT2D eigenvalue weighted by molar-refractivity contribution is 5.72. The van der Waals surface area contributed by atoms with Gasteiger partial charge in [0.15, 0.2) is 5.65 Å². The number of halogens is 2. The molecule has 7 heteroatoms. The number of pyridine rings is 1. The van der Waals surface area contributed by atoms with Gasteiger partial charge in [-0.05, 0) is 55.5 Å². The summed E-state index contributed by atoms with van der Waals surface area (Å²) >= 11 is 0. The number of rotatable bonds is 5. The Morgan fingerprint density at radius 3 is 2.62 bits per heavy atom. The van der Waals surface area contributed by atoms with Gasteiger partial charge in [-0.3, -0.25) is 0 Å². The van der Waals surface area contributed by atoms with Crippen LogP contribution in [0.2, 0.25) is 0 Å². The van der Waals surface area contributed by atoms with Crippen LogP contribution in [0.5, 0.6) is 0 Å². The van der Waals surface area contributed by atoms with E-state index in [0.29, 0.717) is 24.2 Å². The minimum absolute atomic E-state index is 0.228. The molecule has 0 amide bonds. The molecule has 2 saturated carbocycles. The van der Waals surface area contributed by atoms with Gasteiger partial charge in [0.2, 0.25) is 0 Å². The second-order valence-electron chi connectivity index (χ2n) is 8.07. The van der Waals surface area contributed by atoms with Crippen molar-refractivity contribution in [3.05, 3.63) is 66.0 Å². The predicted octanol–water partition coefficient (Wildman–Crippen LogP) is 4.83. The minimum atomic E-state index is -0.458. The third kappa shape index (κ3) is 2.92. The lowest BCUT2D eigenvalue weighted by Gasteiger charge is -2.11. The van der Waals surface area contributed by atoms with Gasteiger partial charge in [0.1, 0.15) is 11.6 Å². The van der Waals surface area contributed by atoms with E-state index >= 15 is 0 Å². The molecular formula is C22H19F2N5. The van der Waals surface area contributed by atoms with Crippen LogP contribution in [-0.2, 0) is 6.54 Å². The first kappa shape index (κ1) is 16.8. The van der Waals surface area contributed by atoms with E-state index in [2.05, 4.69) is 30.2 Å². The highest BCUT2D eigenvalue weighted by Gasteiger charge is 2.32. The highest BCUT2D eigenvalue weighted by Crippen LogP contribution is 2.45. The molecule has 4 aromatic rings. The predicted molar refractivity (Wildman–Crippen MR) is 104 cm³/mol. The molecule has 3 aromatic heterocycles. The van der Waals surface area contributed by atoms with Crippen molar-refractivity contribution < 1.29 is 8.78 Å². The van der Waals surface area contributed by atoms with Crippen LogP contribution in [0.4, 0.5) is 8.78 Å². The largest absolute Gasteiger partial charge is 0.329 e. The zero-order chi connectivity index (χ0) is 19.5. The van der Waals surface area contributed by atoms with Gasteiger partial charge in [0, 0.05) is 29.4 Å². The van der Waals surface area contributed by atoms with Crippen LogP contribution in [-0.4, -0.2) is 24.1 Å². The molecular weight excluding hydrogens is 372 g/mol. The summed E-state index contributed by atoms with van der Waals surface area (Å²) in [6, 6.07) is 6.20. The van der Waals surface area contributed by atoms with E-state index in [9.17, 15) is 8.78 Å². The third-order valence-electron chi connectivity index (χ3n) is 5.81. The molecule has 0 atom stereocenters. The molecule has 0 unspecified atom stereocenters. The number of imidazole rings is 2. The zero-order valence-electron chi connectivity index (χ0n) is 15.7. The number of aromatic nitrogens is 5. The number of nitrogens with zero attached hydrogens (tertiary/aromatic N) is 5. The Kier molecular flexibility index (Phi) is 3.60. The summed E-state index contributed by atoms with van der Waals surface area (Å²) in [4.78, 5) is 13.4. The lowest BCUT2D eigenvalue weighted by molar-refractivity contribution is 0.602. The number of hydrogen-bond donors (Lipinski definition) is 0. The SMILES string of the molecule is Fc1ccc(F)c(-c2ncn(Cc3cnc4ncn(C5CC5)c4c3)c2C2CC2)c1. The fourth-order valence-corrected chi connectivity index (χ4v) is 4.07. The van der Waals surface area contributed by atoms with Gasteiger partial charge >= 0.3 is 0 Å². The quantitative estimate of drug-likeness (QED) is 0.489. The summed E-state index contributed by atoms with van der Waals surface area (Å²) < 4.78 is 32.4. The van der Waals surface area contributed by atoms with Crippen LogP contribution >= 0.6 is 0 Å². The second-order valence-corrected chi connectivity index (χ2v) is 8.07. The van der Waals surface area contributed by atoms with E-state index in [0.717, 1.165) is 47.4 Å². The Morgan fingerprint density at radius 1 is 0.966 bits per heavy atom. The van der Waals surface area contributed by atoms with E-state index in [1.807, 2.05) is 12.5 Å². The van der Waals surface area contributed by atoms with Crippen molar-refractivity contribution in [1.82, 2.24) is 24.1 Å². The molecule has 6 rings (SSSR count). The van der Waals surface area contributed by atoms with Crippen LogP contribution in [0.3, 0.4) is 0 Å². The first-order valence-corrected chi connectivity index (χ1v) is 9.99. The molecule has 5 nitrogen and oxygen atoms in total. The van der Waals surface area contributed by atoms with E-state index < -0.39 is 11.6 Å². The van der Waals surface area contributed by atoms with Gasteiger partial charge in [0.05, 0.1) is 30.4 Å². The first-order valence-electron chi connectivity index (χ1n) is 9.99. The molecule has 0 radical (unpaired) electrons. The summed E-state index contributed by atoms with van der Waals surface area (Å²) in [6.45, 7) is 0.592. The zero-order valence-corrected chi connectivity index (χ0v) is 15.7. The van der Waals surface area contributed by atoms with Crippen molar-refractivity contribution in [2.75, 3.05) is 0 Å². The van der Waals surface area contributed by atoms with Gasteiger partial charge in [-0.1, -0.05) is 0 Å². The fraction of sp³-hybridized carbons (Fsp3) is 0.318. The Bertz CT molecular complexity index is 1230. The van der Waals surface area contributed by atoms with E-state index in [-0.39, 0.29) is 5.56 Å². The monoisotopic (exact) mass is 391 g/mol. The van der Waals surface area contributed by atoms with Crippen LogP contribution < -0.4 is 0 Å². The molecule has 3 heterocycles. The Balaban J connectivity index is 1.40. The average Bonchev–Trinajstić information content (AvgIpc) is 3.65. The molecule has 146 valence electrons. The maximum Gasteiger partial charge on any atom is 0.177 e. The lowest BCUT2D eigenvalue weighted by Crippen LogP contribution is -2.04. The first-order chi connectivity index (χ1) is 14.2. The summed E-state index contributed by atoms with van der Waals surface area (Å²) in [6.07, 6.45) is 9.90. The fourth-order valence-electron chi connectivity index (χ4n) is 4.07. The van der Waals surface area contributed by atoms with Crippen molar-refractivity contribution >= 4 is 11.2 Å². The van der Waals surface area contributed by atoms with E-state index in [1.54, 1.807) is 6.33 Å². The molecule has 2 aliphatic carbocycles. The summed E-state index contributed by atoms with van der Waals surface area (Å²) in [7, 11) is 0. The molecule has 2 aliphatic rings. The van der Waals surface area contributed by atoms with Crippen LogP contribution in [0.1, 0.15) is 48.9 Å². The number of hydrogen-bond acceptors (Lipinski definition) is 3. The topological polar surface area (TPSA) is 48.5 Å². The average molecular weight is 391 g/mol. The van der Waals surface area contributed by atoms with Crippen LogP contribution in [0.15, 0.2) is 43.1 Å². The standard InChI is InChI=1S/C22H19F2N5/c23-15-3-6-18(24)17(8-15)20-21(14-1-2-14)28(11-26-20)10-13-7-19-22(25-9-13)27-12-29(19)16-4-5-16/h3,6-9,11-12,14,16H,1-2,4-5,10H2. The lowest BCUT2D eigenvalue weighted by atomic mass is 10.1. The van der Waals surface area contributed by atoms with Crippen molar-refractivity contribution in [3.8, 4) is 11.3 Å². The highest BCUT2D eigenvalue weighted by atomic mass is 19.1. The summed E-state index contributed by atoms with van der Waals surface area (Å²) in [5.41, 5.74) is 4.61. The van der Waals surface area contributed by atoms with Crippen molar-refractivity contribution in [1.29, 1.82) is 0 Å². The van der Waals surface area contributed by atoms with Crippen molar-refractivity contribution in [2.24, 2.45) is 0 Å². The van der Waals surface area contributed by atoms with Gasteiger partial charge in [-0.15, -0.1) is 0 Å². The Morgan fingerprint density at radius 2 is 1.83 bits per heavy atom. The van der Waals surface area contributed by atoms with Crippen LogP contribution in [0, 0.1) is 11.6 Å². The van der Waals surface area contributed by atoms with E-state index in [4.69, 9.17) is 0 Å². The summed E-state index contributed by atoms with van der Waals surface area (Å²) in [5.74, 6) is -0.570. The van der Waals surface area contributed by atoms with Gasteiger partial charge in [-0.2, -0.15) is 0 Å². The smallest absolute Gasteiger partial charge is 0.177 e. The maximum atomic E-state index is 14.4. The molecule has 29 heavy (non-hydrogen) atoms. The third-order valence-corrected chi connectivity index (χ3v) is 5.81. The molecule has 0 saturated heterocycles. The molecule has 0 spiro atoms. The summed E-state index contributed by atoms with van der Waals surface area (Å²) in [5, 5.41) is 0. The normalized spacial score (nSPS) is 16.6. The molecule has 0 bridgehead atoms. The molecule has 0 aliphatic heterocycles. The van der Waals surface area contributed by atoms with Crippen molar-refractivity contribution in [3.63, 3.8) is 0 Å². The second kappa shape index (κ2) is 6.20. The van der Waals surface area contributed by atoms with Gasteiger partial charge < -0.3 is 9.13 Å². The van der Waals surface area contributed by atoms with Crippen LogP contribution in [0.25, 0.3) is 22.4 Å². The Hall–Kier alpha value is -3.09.